The lowest BCUT2D eigenvalue weighted by molar-refractivity contribution is 0.0224. The highest BCUT2D eigenvalue weighted by atomic mass is 16.6. The lowest BCUT2D eigenvalue weighted by Crippen LogP contribution is -2.33. The Bertz CT molecular complexity index is 1030. The van der Waals surface area contributed by atoms with Crippen molar-refractivity contribution in [1.82, 2.24) is 0 Å². The summed E-state index contributed by atoms with van der Waals surface area (Å²) in [6.07, 6.45) is 0. The Morgan fingerprint density at radius 3 is 1.96 bits per heavy atom. The minimum absolute atomic E-state index is 0.351. The van der Waals surface area contributed by atoms with Gasteiger partial charge in [-0.3, -0.25) is 0 Å². The van der Waals surface area contributed by atoms with E-state index in [0.717, 1.165) is 16.7 Å². The van der Waals surface area contributed by atoms with Gasteiger partial charge in [0.2, 0.25) is 0 Å². The molecule has 3 aromatic rings. The molecule has 5 rings (SSSR count). The number of ether oxygens (including phenoxy) is 4. The van der Waals surface area contributed by atoms with Crippen molar-refractivity contribution in [2.24, 2.45) is 0 Å². The van der Waals surface area contributed by atoms with Crippen LogP contribution in [0.5, 0.6) is 23.0 Å². The summed E-state index contributed by atoms with van der Waals surface area (Å²) >= 11 is 0. The Labute approximate surface area is 156 Å². The average Bonchev–Trinajstić information content (AvgIpc) is 3.01. The Balaban J connectivity index is 1.86. The van der Waals surface area contributed by atoms with Gasteiger partial charge in [-0.15, -0.1) is 0 Å². The van der Waals surface area contributed by atoms with E-state index in [1.807, 2.05) is 42.5 Å². The average molecular weight is 360 g/mol. The minimum Gasteiger partial charge on any atom is -0.497 e. The molecule has 3 aromatic carbocycles. The first kappa shape index (κ1) is 15.8. The van der Waals surface area contributed by atoms with E-state index in [0.29, 0.717) is 28.6 Å². The zero-order valence-corrected chi connectivity index (χ0v) is 14.8. The molecule has 0 saturated heterocycles. The van der Waals surface area contributed by atoms with Crippen molar-refractivity contribution in [3.8, 4) is 23.0 Å². The van der Waals surface area contributed by atoms with Crippen molar-refractivity contribution in [2.75, 3.05) is 14.2 Å². The summed E-state index contributed by atoms with van der Waals surface area (Å²) in [6, 6.07) is 18.5. The number of hydrogen-bond donors (Lipinski definition) is 0. The van der Waals surface area contributed by atoms with Gasteiger partial charge in [0, 0.05) is 28.8 Å². The van der Waals surface area contributed by atoms with Gasteiger partial charge in [-0.05, 0) is 30.3 Å². The molecule has 5 nitrogen and oxygen atoms in total. The molecule has 2 heterocycles. The molecule has 1 spiro atoms. The first-order chi connectivity index (χ1) is 13.2. The summed E-state index contributed by atoms with van der Waals surface area (Å²) < 4.78 is 22.9. The predicted molar refractivity (Wildman–Crippen MR) is 97.8 cm³/mol. The number of benzene rings is 3. The Morgan fingerprint density at radius 1 is 0.778 bits per heavy atom. The monoisotopic (exact) mass is 360 g/mol. The van der Waals surface area contributed by atoms with Crippen LogP contribution in [0.15, 0.2) is 60.7 Å². The van der Waals surface area contributed by atoms with Gasteiger partial charge in [0.25, 0.3) is 0 Å². The molecule has 5 heteroatoms. The van der Waals surface area contributed by atoms with Crippen molar-refractivity contribution in [3.05, 3.63) is 82.9 Å². The quantitative estimate of drug-likeness (QED) is 0.639. The van der Waals surface area contributed by atoms with E-state index in [2.05, 4.69) is 0 Å². The maximum atomic E-state index is 12.7. The predicted octanol–water partition coefficient (Wildman–Crippen LogP) is 4.27. The second-order valence-corrected chi connectivity index (χ2v) is 6.44. The van der Waals surface area contributed by atoms with Crippen LogP contribution < -0.4 is 14.2 Å². The van der Waals surface area contributed by atoms with Gasteiger partial charge in [0.15, 0.2) is 5.60 Å². The van der Waals surface area contributed by atoms with Crippen LogP contribution in [-0.4, -0.2) is 20.2 Å². The second-order valence-electron chi connectivity index (χ2n) is 6.44. The first-order valence-corrected chi connectivity index (χ1v) is 8.55. The number of fused-ring (bicyclic) bond motifs is 6. The third-order valence-corrected chi connectivity index (χ3v) is 5.13. The number of methoxy groups -OCH3 is 2. The van der Waals surface area contributed by atoms with Crippen LogP contribution in [0.4, 0.5) is 0 Å². The zero-order chi connectivity index (χ0) is 18.6. The number of rotatable bonds is 2. The zero-order valence-electron chi connectivity index (χ0n) is 14.8. The third-order valence-electron chi connectivity index (χ3n) is 5.13. The molecule has 0 radical (unpaired) electrons. The van der Waals surface area contributed by atoms with Crippen molar-refractivity contribution in [3.63, 3.8) is 0 Å². The van der Waals surface area contributed by atoms with Gasteiger partial charge in [0.05, 0.1) is 19.8 Å². The fraction of sp³-hybridized carbons (Fsp3) is 0.136. The molecule has 0 aliphatic carbocycles. The van der Waals surface area contributed by atoms with Gasteiger partial charge in [-0.25, -0.2) is 4.79 Å². The van der Waals surface area contributed by atoms with Crippen LogP contribution in [0.3, 0.4) is 0 Å². The normalized spacial score (nSPS) is 15.3. The molecular formula is C22H16O5. The lowest BCUT2D eigenvalue weighted by Gasteiger charge is -2.36. The standard InChI is InChI=1S/C22H16O5/c1-24-13-7-9-17-19(11-13)26-20-12-14(25-2)8-10-18(20)22(17)16-6-4-3-5-15(16)21(23)27-22/h3-12H,1-2H3. The molecule has 2 aliphatic heterocycles. The van der Waals surface area contributed by atoms with E-state index in [4.69, 9.17) is 18.9 Å². The first-order valence-electron chi connectivity index (χ1n) is 8.55. The lowest BCUT2D eigenvalue weighted by atomic mass is 9.77. The fourth-order valence-corrected chi connectivity index (χ4v) is 3.89. The van der Waals surface area contributed by atoms with E-state index in [1.54, 1.807) is 32.4 Å². The van der Waals surface area contributed by atoms with Crippen molar-refractivity contribution < 1.29 is 23.7 Å². The highest BCUT2D eigenvalue weighted by molar-refractivity contribution is 5.97. The molecule has 0 N–H and O–H groups in total. The summed E-state index contributed by atoms with van der Waals surface area (Å²) in [5.74, 6) is 2.14. The van der Waals surface area contributed by atoms with Crippen LogP contribution >= 0.6 is 0 Å². The maximum absolute atomic E-state index is 12.7. The van der Waals surface area contributed by atoms with Gasteiger partial charge in [0.1, 0.15) is 23.0 Å². The fourth-order valence-electron chi connectivity index (χ4n) is 3.89. The minimum atomic E-state index is -1.06. The number of hydrogen-bond acceptors (Lipinski definition) is 5. The topological polar surface area (TPSA) is 54.0 Å². The van der Waals surface area contributed by atoms with Crippen molar-refractivity contribution in [2.45, 2.75) is 5.60 Å². The molecule has 0 aromatic heterocycles. The largest absolute Gasteiger partial charge is 0.497 e. The van der Waals surface area contributed by atoms with E-state index < -0.39 is 5.60 Å². The molecule has 2 aliphatic rings. The summed E-state index contributed by atoms with van der Waals surface area (Å²) in [5.41, 5.74) is 1.83. The van der Waals surface area contributed by atoms with Crippen LogP contribution in [0.2, 0.25) is 0 Å². The molecule has 0 bridgehead atoms. The number of carbonyl (C=O) groups is 1. The molecule has 0 atom stereocenters. The van der Waals surface area contributed by atoms with Crippen LogP contribution in [0.25, 0.3) is 0 Å². The highest BCUT2D eigenvalue weighted by Crippen LogP contribution is 2.56. The maximum Gasteiger partial charge on any atom is 0.340 e. The van der Waals surface area contributed by atoms with E-state index in [9.17, 15) is 4.79 Å². The molecule has 0 unspecified atom stereocenters. The summed E-state index contributed by atoms with van der Waals surface area (Å²) in [6.45, 7) is 0. The van der Waals surface area contributed by atoms with Gasteiger partial charge >= 0.3 is 5.97 Å². The van der Waals surface area contributed by atoms with Crippen molar-refractivity contribution >= 4 is 5.97 Å². The van der Waals surface area contributed by atoms with Crippen molar-refractivity contribution in [1.29, 1.82) is 0 Å². The highest BCUT2D eigenvalue weighted by Gasteiger charge is 2.53. The SMILES string of the molecule is COc1ccc2c(c1)Oc1cc(OC)ccc1C21OC(=O)c2ccccc21. The summed E-state index contributed by atoms with van der Waals surface area (Å²) in [4.78, 5) is 12.7. The number of carbonyl (C=O) groups excluding carboxylic acids is 1. The van der Waals surface area contributed by atoms with Gasteiger partial charge < -0.3 is 18.9 Å². The Hall–Kier alpha value is -3.47. The summed E-state index contributed by atoms with van der Waals surface area (Å²) in [5, 5.41) is 0. The van der Waals surface area contributed by atoms with E-state index >= 15 is 0 Å². The van der Waals surface area contributed by atoms with E-state index in [1.165, 1.54) is 0 Å². The summed E-state index contributed by atoms with van der Waals surface area (Å²) in [7, 11) is 3.20. The third kappa shape index (κ3) is 2.02. The Kier molecular flexibility index (Phi) is 3.22. The molecule has 134 valence electrons. The molecule has 27 heavy (non-hydrogen) atoms. The molecule has 0 saturated carbocycles. The molecule has 0 fully saturated rings. The van der Waals surface area contributed by atoms with Crippen LogP contribution in [0.1, 0.15) is 27.0 Å². The number of esters is 1. The van der Waals surface area contributed by atoms with E-state index in [-0.39, 0.29) is 5.97 Å². The van der Waals surface area contributed by atoms with Crippen LogP contribution in [0, 0.1) is 0 Å². The van der Waals surface area contributed by atoms with Gasteiger partial charge in [-0.2, -0.15) is 0 Å². The van der Waals surface area contributed by atoms with Crippen LogP contribution in [-0.2, 0) is 10.3 Å². The molecule has 0 amide bonds. The Morgan fingerprint density at radius 2 is 1.37 bits per heavy atom. The second kappa shape index (κ2) is 5.51. The smallest absolute Gasteiger partial charge is 0.340 e. The molecular weight excluding hydrogens is 344 g/mol. The van der Waals surface area contributed by atoms with Gasteiger partial charge in [-0.1, -0.05) is 18.2 Å².